The van der Waals surface area contributed by atoms with Crippen LogP contribution in [0.3, 0.4) is 0 Å². The van der Waals surface area contributed by atoms with Crippen LogP contribution in [0.4, 0.5) is 4.79 Å². The number of nitrogens with one attached hydrogen (secondary N) is 1. The Morgan fingerprint density at radius 1 is 1.38 bits per heavy atom. The van der Waals surface area contributed by atoms with E-state index in [0.717, 1.165) is 6.54 Å². The van der Waals surface area contributed by atoms with Gasteiger partial charge in [-0.2, -0.15) is 5.10 Å². The largest absolute Gasteiger partial charge is 0.477 e. The van der Waals surface area contributed by atoms with Gasteiger partial charge in [0.15, 0.2) is 11.6 Å². The molecule has 9 nitrogen and oxygen atoms in total. The van der Waals surface area contributed by atoms with Gasteiger partial charge >= 0.3 is 12.0 Å². The lowest BCUT2D eigenvalue weighted by atomic mass is 10.1. The van der Waals surface area contributed by atoms with Gasteiger partial charge in [0.05, 0.1) is 18.7 Å². The third kappa shape index (κ3) is 3.55. The van der Waals surface area contributed by atoms with Gasteiger partial charge in [0.2, 0.25) is 0 Å². The maximum absolute atomic E-state index is 12.4. The zero-order valence-electron chi connectivity index (χ0n) is 13.9. The molecule has 24 heavy (non-hydrogen) atoms. The molecule has 130 valence electrons. The molecule has 0 aromatic heterocycles. The summed E-state index contributed by atoms with van der Waals surface area (Å²) < 4.78 is 10.3. The molecule has 0 aromatic carbocycles. The SMILES string of the molecule is CCNC(=O)N1N=C(C(=O)OCC)/C(=C\C=C2\OCCN2C)C1=O. The normalized spacial score (nSPS) is 20.5. The summed E-state index contributed by atoms with van der Waals surface area (Å²) in [4.78, 5) is 38.2. The number of rotatable bonds is 4. The summed E-state index contributed by atoms with van der Waals surface area (Å²) in [5.41, 5.74) is -0.221. The molecule has 2 aliphatic rings. The van der Waals surface area contributed by atoms with Crippen molar-refractivity contribution in [3.8, 4) is 0 Å². The van der Waals surface area contributed by atoms with Crippen molar-refractivity contribution in [2.45, 2.75) is 13.8 Å². The van der Waals surface area contributed by atoms with Crippen molar-refractivity contribution >= 4 is 23.6 Å². The number of carbonyl (C=O) groups is 3. The highest BCUT2D eigenvalue weighted by molar-refractivity contribution is 6.52. The maximum atomic E-state index is 12.4. The Kier molecular flexibility index (Phi) is 5.56. The van der Waals surface area contributed by atoms with Gasteiger partial charge in [-0.25, -0.2) is 9.59 Å². The lowest BCUT2D eigenvalue weighted by molar-refractivity contribution is -0.135. The molecule has 0 saturated carbocycles. The number of carbonyl (C=O) groups excluding carboxylic acids is 3. The molecular weight excluding hydrogens is 316 g/mol. The van der Waals surface area contributed by atoms with Crippen LogP contribution in [0.2, 0.25) is 0 Å². The van der Waals surface area contributed by atoms with E-state index in [4.69, 9.17) is 9.47 Å². The Morgan fingerprint density at radius 3 is 2.71 bits per heavy atom. The lowest BCUT2D eigenvalue weighted by Crippen LogP contribution is -2.38. The molecule has 3 amide bonds. The van der Waals surface area contributed by atoms with E-state index in [1.54, 1.807) is 19.9 Å². The van der Waals surface area contributed by atoms with Crippen LogP contribution in [0.15, 0.2) is 28.7 Å². The Morgan fingerprint density at radius 2 is 2.12 bits per heavy atom. The average molecular weight is 336 g/mol. The minimum atomic E-state index is -0.761. The molecule has 0 spiro atoms. The van der Waals surface area contributed by atoms with Gasteiger partial charge in [0, 0.05) is 13.6 Å². The summed E-state index contributed by atoms with van der Waals surface area (Å²) in [5, 5.41) is 6.90. The van der Waals surface area contributed by atoms with Crippen LogP contribution >= 0.6 is 0 Å². The Hall–Kier alpha value is -2.84. The highest BCUT2D eigenvalue weighted by Crippen LogP contribution is 2.18. The molecule has 0 atom stereocenters. The Labute approximate surface area is 139 Å². The van der Waals surface area contributed by atoms with E-state index in [0.29, 0.717) is 24.0 Å². The van der Waals surface area contributed by atoms with Gasteiger partial charge in [0.25, 0.3) is 5.91 Å². The van der Waals surface area contributed by atoms with Gasteiger partial charge in [-0.15, -0.1) is 5.01 Å². The minimum absolute atomic E-state index is 0.0175. The van der Waals surface area contributed by atoms with Gasteiger partial charge in [-0.05, 0) is 26.0 Å². The molecule has 1 fully saturated rings. The van der Waals surface area contributed by atoms with Crippen LogP contribution in [-0.2, 0) is 19.1 Å². The number of hydrogen-bond donors (Lipinski definition) is 1. The highest BCUT2D eigenvalue weighted by Gasteiger charge is 2.38. The van der Waals surface area contributed by atoms with Crippen LogP contribution in [0.5, 0.6) is 0 Å². The van der Waals surface area contributed by atoms with E-state index in [1.165, 1.54) is 6.08 Å². The zero-order chi connectivity index (χ0) is 17.7. The second-order valence-corrected chi connectivity index (χ2v) is 4.98. The minimum Gasteiger partial charge on any atom is -0.477 e. The molecule has 0 bridgehead atoms. The first kappa shape index (κ1) is 17.5. The van der Waals surface area contributed by atoms with Gasteiger partial charge in [-0.1, -0.05) is 0 Å². The highest BCUT2D eigenvalue weighted by atomic mass is 16.5. The smallest absolute Gasteiger partial charge is 0.359 e. The van der Waals surface area contributed by atoms with Crippen molar-refractivity contribution in [2.75, 3.05) is 33.4 Å². The van der Waals surface area contributed by atoms with Crippen molar-refractivity contribution in [3.63, 3.8) is 0 Å². The number of ether oxygens (including phenoxy) is 2. The molecule has 0 radical (unpaired) electrons. The third-order valence-electron chi connectivity index (χ3n) is 3.31. The molecule has 1 saturated heterocycles. The first-order valence-electron chi connectivity index (χ1n) is 7.63. The van der Waals surface area contributed by atoms with E-state index in [1.807, 2.05) is 11.9 Å². The molecule has 0 aliphatic carbocycles. The second kappa shape index (κ2) is 7.62. The number of urea groups is 1. The Bertz CT molecular complexity index is 638. The lowest BCUT2D eigenvalue weighted by Gasteiger charge is -2.09. The predicted molar refractivity (Wildman–Crippen MR) is 84.7 cm³/mol. The number of allylic oxidation sites excluding steroid dienone is 2. The molecule has 2 heterocycles. The first-order valence-corrected chi connectivity index (χ1v) is 7.63. The fourth-order valence-corrected chi connectivity index (χ4v) is 2.12. The van der Waals surface area contributed by atoms with Crippen molar-refractivity contribution in [2.24, 2.45) is 5.10 Å². The van der Waals surface area contributed by atoms with Gasteiger partial charge in [0.1, 0.15) is 6.61 Å². The van der Waals surface area contributed by atoms with Crippen LogP contribution < -0.4 is 5.32 Å². The summed E-state index contributed by atoms with van der Waals surface area (Å²) in [7, 11) is 1.84. The number of likely N-dealkylation sites (N-methyl/N-ethyl adjacent to an activating group) is 1. The number of amides is 3. The monoisotopic (exact) mass is 336 g/mol. The number of hydrogen-bond acceptors (Lipinski definition) is 7. The number of hydrazone groups is 1. The molecule has 0 unspecified atom stereocenters. The van der Waals surface area contributed by atoms with Crippen molar-refractivity contribution < 1.29 is 23.9 Å². The fraction of sp³-hybridized carbons (Fsp3) is 0.467. The summed E-state index contributed by atoms with van der Waals surface area (Å²) in [6.07, 6.45) is 2.98. The first-order chi connectivity index (χ1) is 11.5. The summed E-state index contributed by atoms with van der Waals surface area (Å²) in [6.45, 7) is 5.09. The second-order valence-electron chi connectivity index (χ2n) is 4.98. The van der Waals surface area contributed by atoms with Crippen LogP contribution in [0.1, 0.15) is 13.8 Å². The molecular formula is C15H20N4O5. The van der Waals surface area contributed by atoms with E-state index >= 15 is 0 Å². The fourth-order valence-electron chi connectivity index (χ4n) is 2.12. The predicted octanol–water partition coefficient (Wildman–Crippen LogP) is 0.207. The Balaban J connectivity index is 2.32. The van der Waals surface area contributed by atoms with Gasteiger partial charge < -0.3 is 19.7 Å². The summed E-state index contributed by atoms with van der Waals surface area (Å²) >= 11 is 0. The van der Waals surface area contributed by atoms with Gasteiger partial charge in [-0.3, -0.25) is 4.79 Å². The average Bonchev–Trinajstić information content (AvgIpc) is 3.09. The molecule has 2 aliphatic heterocycles. The maximum Gasteiger partial charge on any atom is 0.359 e. The van der Waals surface area contributed by atoms with E-state index < -0.39 is 17.9 Å². The van der Waals surface area contributed by atoms with Crippen LogP contribution in [-0.4, -0.2) is 66.9 Å². The van der Waals surface area contributed by atoms with Crippen molar-refractivity contribution in [1.29, 1.82) is 0 Å². The van der Waals surface area contributed by atoms with Crippen molar-refractivity contribution in [1.82, 2.24) is 15.2 Å². The van der Waals surface area contributed by atoms with Crippen LogP contribution in [0.25, 0.3) is 0 Å². The topological polar surface area (TPSA) is 101 Å². The van der Waals surface area contributed by atoms with Crippen LogP contribution in [0, 0.1) is 0 Å². The standard InChI is InChI=1S/C15H20N4O5/c1-4-16-15(22)19-13(20)10(12(17-19)14(21)23-5-2)6-7-11-18(3)8-9-24-11/h6-7H,4-5,8-9H2,1-3H3,(H,16,22)/b10-6+,11-7+. The van der Waals surface area contributed by atoms with E-state index in [2.05, 4.69) is 10.4 Å². The summed E-state index contributed by atoms with van der Waals surface area (Å²) in [5.74, 6) is -0.889. The molecule has 9 heteroatoms. The quantitative estimate of drug-likeness (QED) is 0.582. The van der Waals surface area contributed by atoms with E-state index in [9.17, 15) is 14.4 Å². The summed E-state index contributed by atoms with van der Waals surface area (Å²) in [6, 6.07) is -0.699. The number of nitrogens with zero attached hydrogens (tertiary/aromatic N) is 3. The zero-order valence-corrected chi connectivity index (χ0v) is 13.9. The molecule has 2 rings (SSSR count). The number of imide groups is 1. The van der Waals surface area contributed by atoms with E-state index in [-0.39, 0.29) is 17.9 Å². The molecule has 1 N–H and O–H groups in total. The van der Waals surface area contributed by atoms with Crippen molar-refractivity contribution in [3.05, 3.63) is 23.6 Å². The third-order valence-corrected chi connectivity index (χ3v) is 3.31. The molecule has 0 aromatic rings. The number of esters is 1.